The molecule has 1 aliphatic heterocycles. The lowest BCUT2D eigenvalue weighted by Gasteiger charge is -2.30. The van der Waals surface area contributed by atoms with Crippen LogP contribution in [-0.2, 0) is 16.0 Å². The van der Waals surface area contributed by atoms with E-state index in [1.54, 1.807) is 7.11 Å². The van der Waals surface area contributed by atoms with Crippen LogP contribution in [0, 0.1) is 0 Å². The van der Waals surface area contributed by atoms with E-state index in [9.17, 15) is 4.79 Å². The molecule has 0 aliphatic carbocycles. The quantitative estimate of drug-likeness (QED) is 0.864. The van der Waals surface area contributed by atoms with Crippen LogP contribution in [0.4, 0.5) is 0 Å². The molecule has 120 valence electrons. The number of hydrazone groups is 1. The van der Waals surface area contributed by atoms with Crippen LogP contribution in [0.2, 0.25) is 0 Å². The Bertz CT molecular complexity index is 725. The molecule has 1 amide bonds. The lowest BCUT2D eigenvalue weighted by atomic mass is 10.0. The first-order valence-corrected chi connectivity index (χ1v) is 8.15. The van der Waals surface area contributed by atoms with Crippen LogP contribution in [-0.4, -0.2) is 29.6 Å². The Morgan fingerprint density at radius 1 is 1.35 bits per heavy atom. The van der Waals surface area contributed by atoms with Crippen molar-refractivity contribution in [1.29, 1.82) is 0 Å². The fourth-order valence-electron chi connectivity index (χ4n) is 2.60. The molecule has 0 saturated heterocycles. The summed E-state index contributed by atoms with van der Waals surface area (Å²) in [5, 5.41) is 7.76. The molecular weight excluding hydrogens is 312 g/mol. The molecule has 2 aromatic rings. The van der Waals surface area contributed by atoms with Crippen LogP contribution in [0.25, 0.3) is 0 Å². The average Bonchev–Trinajstić information content (AvgIpc) is 3.15. The highest BCUT2D eigenvalue weighted by atomic mass is 32.1. The lowest BCUT2D eigenvalue weighted by Crippen LogP contribution is -2.45. The standard InChI is InChI=1S/C17H18N2O3S/c1-12(20)19-17(2,11-13-6-8-14(21-3)9-7-13)22-16(18-19)15-5-4-10-23-15/h4-10H,11H2,1-3H3/t17-/m0/s1. The maximum absolute atomic E-state index is 12.0. The summed E-state index contributed by atoms with van der Waals surface area (Å²) in [6.45, 7) is 3.37. The fraction of sp³-hybridized carbons (Fsp3) is 0.294. The van der Waals surface area contributed by atoms with Gasteiger partial charge in [0.15, 0.2) is 0 Å². The topological polar surface area (TPSA) is 51.1 Å². The molecular formula is C17H18N2O3S. The molecule has 1 atom stereocenters. The maximum Gasteiger partial charge on any atom is 0.251 e. The van der Waals surface area contributed by atoms with E-state index in [4.69, 9.17) is 9.47 Å². The van der Waals surface area contributed by atoms with Gasteiger partial charge in [0.05, 0.1) is 12.0 Å². The van der Waals surface area contributed by atoms with Crippen molar-refractivity contribution in [2.45, 2.75) is 26.0 Å². The molecule has 3 rings (SSSR count). The van der Waals surface area contributed by atoms with E-state index in [1.165, 1.54) is 23.3 Å². The summed E-state index contributed by atoms with van der Waals surface area (Å²) in [4.78, 5) is 12.9. The largest absolute Gasteiger partial charge is 0.497 e. The highest BCUT2D eigenvalue weighted by molar-refractivity contribution is 7.12. The molecule has 6 heteroatoms. The van der Waals surface area contributed by atoms with E-state index in [0.29, 0.717) is 12.3 Å². The second kappa shape index (κ2) is 6.04. The van der Waals surface area contributed by atoms with Crippen LogP contribution in [0.15, 0.2) is 46.9 Å². The van der Waals surface area contributed by atoms with Gasteiger partial charge in [0.2, 0.25) is 11.6 Å². The van der Waals surface area contributed by atoms with Gasteiger partial charge in [0.25, 0.3) is 5.90 Å². The molecule has 5 nitrogen and oxygen atoms in total. The van der Waals surface area contributed by atoms with Gasteiger partial charge in [-0.2, -0.15) is 5.01 Å². The summed E-state index contributed by atoms with van der Waals surface area (Å²) in [5.41, 5.74) is 0.210. The summed E-state index contributed by atoms with van der Waals surface area (Å²) in [6, 6.07) is 11.6. The van der Waals surface area contributed by atoms with Gasteiger partial charge in [-0.1, -0.05) is 18.2 Å². The zero-order valence-electron chi connectivity index (χ0n) is 13.3. The Balaban J connectivity index is 1.85. The maximum atomic E-state index is 12.0. The zero-order valence-corrected chi connectivity index (χ0v) is 14.1. The summed E-state index contributed by atoms with van der Waals surface area (Å²) < 4.78 is 11.2. The van der Waals surface area contributed by atoms with Crippen LogP contribution in [0.5, 0.6) is 5.75 Å². The summed E-state index contributed by atoms with van der Waals surface area (Å²) in [6.07, 6.45) is 0.537. The molecule has 0 N–H and O–H groups in total. The van der Waals surface area contributed by atoms with Crippen molar-refractivity contribution in [3.05, 3.63) is 52.2 Å². The first kappa shape index (κ1) is 15.6. The minimum absolute atomic E-state index is 0.146. The molecule has 0 fully saturated rings. The van der Waals surface area contributed by atoms with Crippen molar-refractivity contribution >= 4 is 23.1 Å². The smallest absolute Gasteiger partial charge is 0.251 e. The number of carbonyl (C=O) groups excluding carboxylic acids is 1. The van der Waals surface area contributed by atoms with E-state index >= 15 is 0 Å². The third-order valence-corrected chi connectivity index (χ3v) is 4.53. The predicted octanol–water partition coefficient (Wildman–Crippen LogP) is 3.26. The van der Waals surface area contributed by atoms with E-state index < -0.39 is 5.72 Å². The molecule has 23 heavy (non-hydrogen) atoms. The molecule has 1 aliphatic rings. The third kappa shape index (κ3) is 3.07. The van der Waals surface area contributed by atoms with Gasteiger partial charge in [-0.05, 0) is 36.1 Å². The number of hydrogen-bond acceptors (Lipinski definition) is 5. The van der Waals surface area contributed by atoms with Gasteiger partial charge in [0.1, 0.15) is 5.75 Å². The number of nitrogens with zero attached hydrogens (tertiary/aromatic N) is 2. The Kier molecular flexibility index (Phi) is 4.09. The Labute approximate surface area is 139 Å². The molecule has 0 radical (unpaired) electrons. The number of amides is 1. The van der Waals surface area contributed by atoms with Gasteiger partial charge < -0.3 is 9.47 Å². The van der Waals surface area contributed by atoms with Crippen molar-refractivity contribution in [2.75, 3.05) is 7.11 Å². The van der Waals surface area contributed by atoms with Gasteiger partial charge >= 0.3 is 0 Å². The van der Waals surface area contributed by atoms with Crippen molar-refractivity contribution in [3.63, 3.8) is 0 Å². The second-order valence-electron chi connectivity index (χ2n) is 5.52. The number of hydrogen-bond donors (Lipinski definition) is 0. The predicted molar refractivity (Wildman–Crippen MR) is 89.6 cm³/mol. The number of ether oxygens (including phenoxy) is 2. The molecule has 0 unspecified atom stereocenters. The van der Waals surface area contributed by atoms with Crippen molar-refractivity contribution in [3.8, 4) is 5.75 Å². The zero-order chi connectivity index (χ0) is 16.4. The molecule has 0 saturated carbocycles. The van der Waals surface area contributed by atoms with Crippen molar-refractivity contribution in [1.82, 2.24) is 5.01 Å². The van der Waals surface area contributed by atoms with E-state index in [2.05, 4.69) is 5.10 Å². The van der Waals surface area contributed by atoms with E-state index in [-0.39, 0.29) is 5.91 Å². The van der Waals surface area contributed by atoms with Gasteiger partial charge in [-0.25, -0.2) is 0 Å². The fourth-order valence-corrected chi connectivity index (χ4v) is 3.25. The van der Waals surface area contributed by atoms with E-state index in [0.717, 1.165) is 16.2 Å². The molecule has 1 aromatic carbocycles. The third-order valence-electron chi connectivity index (χ3n) is 3.68. The van der Waals surface area contributed by atoms with Crippen LogP contribution in [0.1, 0.15) is 24.3 Å². The van der Waals surface area contributed by atoms with Gasteiger partial charge in [0, 0.05) is 13.3 Å². The SMILES string of the molecule is COc1ccc(C[C@]2(C)OC(c3cccs3)=NN2C(C)=O)cc1. The monoisotopic (exact) mass is 330 g/mol. The number of methoxy groups -OCH3 is 1. The van der Waals surface area contributed by atoms with Gasteiger partial charge in [-0.15, -0.1) is 16.4 Å². The molecule has 2 heterocycles. The number of rotatable bonds is 4. The Morgan fingerprint density at radius 2 is 2.09 bits per heavy atom. The minimum Gasteiger partial charge on any atom is -0.497 e. The first-order valence-electron chi connectivity index (χ1n) is 7.27. The summed E-state index contributed by atoms with van der Waals surface area (Å²) >= 11 is 1.54. The Hall–Kier alpha value is -2.34. The molecule has 1 aromatic heterocycles. The average molecular weight is 330 g/mol. The normalized spacial score (nSPS) is 20.1. The van der Waals surface area contributed by atoms with Crippen LogP contribution >= 0.6 is 11.3 Å². The highest BCUT2D eigenvalue weighted by Gasteiger charge is 2.43. The highest BCUT2D eigenvalue weighted by Crippen LogP contribution is 2.32. The summed E-state index contributed by atoms with van der Waals surface area (Å²) in [5.74, 6) is 1.14. The minimum atomic E-state index is -0.834. The van der Waals surface area contributed by atoms with Crippen molar-refractivity contribution < 1.29 is 14.3 Å². The number of benzene rings is 1. The van der Waals surface area contributed by atoms with E-state index in [1.807, 2.05) is 48.7 Å². The van der Waals surface area contributed by atoms with Gasteiger partial charge in [-0.3, -0.25) is 4.79 Å². The second-order valence-corrected chi connectivity index (χ2v) is 6.46. The number of thiophene rings is 1. The van der Waals surface area contributed by atoms with Crippen LogP contribution < -0.4 is 4.74 Å². The lowest BCUT2D eigenvalue weighted by molar-refractivity contribution is -0.144. The summed E-state index contributed by atoms with van der Waals surface area (Å²) in [7, 11) is 1.63. The first-order chi connectivity index (χ1) is 11.0. The molecule has 0 bridgehead atoms. The van der Waals surface area contributed by atoms with Crippen molar-refractivity contribution in [2.24, 2.45) is 5.10 Å². The molecule has 0 spiro atoms. The Morgan fingerprint density at radius 3 is 2.65 bits per heavy atom. The van der Waals surface area contributed by atoms with Crippen LogP contribution in [0.3, 0.4) is 0 Å². The number of carbonyl (C=O) groups is 1.